The number of amides is 1. The van der Waals surface area contributed by atoms with Gasteiger partial charge in [0.05, 0.1) is 15.8 Å². The van der Waals surface area contributed by atoms with Crippen LogP contribution in [0.3, 0.4) is 0 Å². The smallest absolute Gasteiger partial charge is 0.280 e. The van der Waals surface area contributed by atoms with Gasteiger partial charge in [-0.15, -0.1) is 0 Å². The summed E-state index contributed by atoms with van der Waals surface area (Å²) < 4.78 is 6.57. The second kappa shape index (κ2) is 6.91. The molecule has 0 spiro atoms. The largest absolute Gasteiger partial charge is 0.483 e. The van der Waals surface area contributed by atoms with Crippen molar-refractivity contribution in [2.45, 2.75) is 6.42 Å². The topological polar surface area (TPSA) is 41.9 Å². The van der Waals surface area contributed by atoms with Gasteiger partial charge in [0.1, 0.15) is 5.75 Å². The highest BCUT2D eigenvalue weighted by Crippen LogP contribution is 2.20. The zero-order valence-corrected chi connectivity index (χ0v) is 14.1. The van der Waals surface area contributed by atoms with Crippen molar-refractivity contribution in [3.63, 3.8) is 0 Å². The van der Waals surface area contributed by atoms with Crippen molar-refractivity contribution < 1.29 is 9.53 Å². The summed E-state index contributed by atoms with van der Waals surface area (Å²) in [5.41, 5.74) is 2.01. The number of carbonyl (C=O) groups is 1. The molecule has 0 saturated heterocycles. The van der Waals surface area contributed by atoms with Crippen molar-refractivity contribution >= 4 is 34.2 Å². The third-order valence-corrected chi connectivity index (χ3v) is 4.28. The number of rotatable bonds is 4. The number of hydrazone groups is 1. The van der Waals surface area contributed by atoms with Gasteiger partial charge in [0.15, 0.2) is 6.61 Å². The Kier molecular flexibility index (Phi) is 4.72. The number of hydrogen-bond acceptors (Lipinski definition) is 3. The van der Waals surface area contributed by atoms with E-state index in [-0.39, 0.29) is 12.5 Å². The minimum atomic E-state index is -0.120. The fourth-order valence-corrected chi connectivity index (χ4v) is 2.79. The van der Waals surface area contributed by atoms with Gasteiger partial charge in [-0.3, -0.25) is 4.79 Å². The Hall–Kier alpha value is -1.89. The molecule has 0 bridgehead atoms. The SMILES string of the molecule is O=C(COc1ccccc1I)N1CCC(c2ccccc2)=N1. The number of para-hydroxylation sites is 1. The first kappa shape index (κ1) is 15.0. The Bertz CT molecular complexity index is 701. The van der Waals surface area contributed by atoms with Gasteiger partial charge >= 0.3 is 0 Å². The second-order valence-electron chi connectivity index (χ2n) is 4.90. The van der Waals surface area contributed by atoms with Crippen molar-refractivity contribution in [1.82, 2.24) is 5.01 Å². The van der Waals surface area contributed by atoms with Gasteiger partial charge in [-0.05, 0) is 40.3 Å². The zero-order valence-electron chi connectivity index (χ0n) is 11.9. The molecule has 1 aliphatic rings. The van der Waals surface area contributed by atoms with Gasteiger partial charge < -0.3 is 4.74 Å². The lowest BCUT2D eigenvalue weighted by molar-refractivity contribution is -0.132. The molecule has 0 fully saturated rings. The monoisotopic (exact) mass is 406 g/mol. The molecule has 0 radical (unpaired) electrons. The number of carbonyl (C=O) groups excluding carboxylic acids is 1. The third-order valence-electron chi connectivity index (χ3n) is 3.38. The predicted octanol–water partition coefficient (Wildman–Crippen LogP) is 3.31. The van der Waals surface area contributed by atoms with E-state index in [4.69, 9.17) is 4.74 Å². The van der Waals surface area contributed by atoms with Crippen LogP contribution in [0.5, 0.6) is 5.75 Å². The van der Waals surface area contributed by atoms with E-state index in [2.05, 4.69) is 27.7 Å². The van der Waals surface area contributed by atoms with Crippen LogP contribution >= 0.6 is 22.6 Å². The molecule has 0 saturated carbocycles. The van der Waals surface area contributed by atoms with Crippen molar-refractivity contribution in [3.8, 4) is 5.75 Å². The van der Waals surface area contributed by atoms with E-state index in [0.717, 1.165) is 27.0 Å². The fraction of sp³-hybridized carbons (Fsp3) is 0.176. The molecule has 0 unspecified atom stereocenters. The van der Waals surface area contributed by atoms with Crippen molar-refractivity contribution in [3.05, 3.63) is 63.7 Å². The van der Waals surface area contributed by atoms with E-state index >= 15 is 0 Å². The van der Waals surface area contributed by atoms with E-state index in [0.29, 0.717) is 6.54 Å². The lowest BCUT2D eigenvalue weighted by Crippen LogP contribution is -2.28. The summed E-state index contributed by atoms with van der Waals surface area (Å²) in [5.74, 6) is 0.605. The molecule has 22 heavy (non-hydrogen) atoms. The number of benzene rings is 2. The van der Waals surface area contributed by atoms with Crippen LogP contribution in [0, 0.1) is 3.57 Å². The van der Waals surface area contributed by atoms with Crippen molar-refractivity contribution in [2.24, 2.45) is 5.10 Å². The zero-order chi connectivity index (χ0) is 15.4. The Balaban J connectivity index is 1.62. The Labute approximate surface area is 142 Å². The maximum absolute atomic E-state index is 12.2. The highest BCUT2D eigenvalue weighted by atomic mass is 127. The van der Waals surface area contributed by atoms with Crippen LogP contribution in [0.2, 0.25) is 0 Å². The molecule has 0 atom stereocenters. The molecular weight excluding hydrogens is 391 g/mol. The molecule has 1 aliphatic heterocycles. The molecule has 0 aliphatic carbocycles. The standard InChI is InChI=1S/C17H15IN2O2/c18-14-8-4-5-9-16(14)22-12-17(21)20-11-10-15(19-20)13-6-2-1-3-7-13/h1-9H,10-12H2. The van der Waals surface area contributed by atoms with Crippen LogP contribution in [0.25, 0.3) is 0 Å². The molecule has 2 aromatic rings. The molecule has 3 rings (SSSR count). The summed E-state index contributed by atoms with van der Waals surface area (Å²) in [4.78, 5) is 12.2. The van der Waals surface area contributed by atoms with E-state index < -0.39 is 0 Å². The second-order valence-corrected chi connectivity index (χ2v) is 6.06. The van der Waals surface area contributed by atoms with Crippen LogP contribution in [0.15, 0.2) is 59.7 Å². The summed E-state index contributed by atoms with van der Waals surface area (Å²) >= 11 is 2.19. The molecule has 0 N–H and O–H groups in total. The molecule has 2 aromatic carbocycles. The summed E-state index contributed by atoms with van der Waals surface area (Å²) in [7, 11) is 0. The molecule has 0 aromatic heterocycles. The molecule has 112 valence electrons. The van der Waals surface area contributed by atoms with Crippen LogP contribution < -0.4 is 4.74 Å². The Morgan fingerprint density at radius 1 is 1.14 bits per heavy atom. The minimum absolute atomic E-state index is 0.00554. The van der Waals surface area contributed by atoms with Crippen LogP contribution in [-0.2, 0) is 4.79 Å². The lowest BCUT2D eigenvalue weighted by atomic mass is 10.1. The molecule has 5 heteroatoms. The Morgan fingerprint density at radius 2 is 1.86 bits per heavy atom. The number of hydrogen-bond donors (Lipinski definition) is 0. The molecule has 1 heterocycles. The lowest BCUT2D eigenvalue weighted by Gasteiger charge is -2.12. The third kappa shape index (κ3) is 3.47. The molecule has 4 nitrogen and oxygen atoms in total. The van der Waals surface area contributed by atoms with Gasteiger partial charge in [0.25, 0.3) is 5.91 Å². The summed E-state index contributed by atoms with van der Waals surface area (Å²) in [6.07, 6.45) is 0.776. The van der Waals surface area contributed by atoms with Crippen LogP contribution in [0.4, 0.5) is 0 Å². The van der Waals surface area contributed by atoms with Gasteiger partial charge in [-0.25, -0.2) is 5.01 Å². The maximum Gasteiger partial charge on any atom is 0.280 e. The maximum atomic E-state index is 12.2. The van der Waals surface area contributed by atoms with Gasteiger partial charge in [-0.2, -0.15) is 5.10 Å². The van der Waals surface area contributed by atoms with Crippen molar-refractivity contribution in [1.29, 1.82) is 0 Å². The van der Waals surface area contributed by atoms with Gasteiger partial charge in [0.2, 0.25) is 0 Å². The summed E-state index contributed by atoms with van der Waals surface area (Å²) in [6.45, 7) is 0.615. The van der Waals surface area contributed by atoms with E-state index in [1.165, 1.54) is 5.01 Å². The first-order valence-corrected chi connectivity index (χ1v) is 8.12. The van der Waals surface area contributed by atoms with Gasteiger partial charge in [0, 0.05) is 6.42 Å². The van der Waals surface area contributed by atoms with Crippen LogP contribution in [-0.4, -0.2) is 29.8 Å². The van der Waals surface area contributed by atoms with Crippen LogP contribution in [0.1, 0.15) is 12.0 Å². The minimum Gasteiger partial charge on any atom is -0.483 e. The summed E-state index contributed by atoms with van der Waals surface area (Å²) in [6, 6.07) is 17.6. The average molecular weight is 406 g/mol. The van der Waals surface area contributed by atoms with Gasteiger partial charge in [-0.1, -0.05) is 42.5 Å². The van der Waals surface area contributed by atoms with E-state index in [1.807, 2.05) is 54.6 Å². The molecule has 1 amide bonds. The highest BCUT2D eigenvalue weighted by Gasteiger charge is 2.21. The number of halogens is 1. The number of nitrogens with zero attached hydrogens (tertiary/aromatic N) is 2. The average Bonchev–Trinajstić information content (AvgIpc) is 3.05. The fourth-order valence-electron chi connectivity index (χ4n) is 2.25. The predicted molar refractivity (Wildman–Crippen MR) is 94.0 cm³/mol. The normalized spacial score (nSPS) is 13.9. The van der Waals surface area contributed by atoms with Crippen molar-refractivity contribution in [2.75, 3.05) is 13.2 Å². The van der Waals surface area contributed by atoms with E-state index in [1.54, 1.807) is 0 Å². The first-order valence-electron chi connectivity index (χ1n) is 7.04. The highest BCUT2D eigenvalue weighted by molar-refractivity contribution is 14.1. The first-order chi connectivity index (χ1) is 10.7. The Morgan fingerprint density at radius 3 is 2.64 bits per heavy atom. The summed E-state index contributed by atoms with van der Waals surface area (Å²) in [5, 5.41) is 5.91. The quantitative estimate of drug-likeness (QED) is 0.732. The molecular formula is C17H15IN2O2. The van der Waals surface area contributed by atoms with E-state index in [9.17, 15) is 4.79 Å². The number of ether oxygens (including phenoxy) is 1.